The van der Waals surface area contributed by atoms with E-state index in [4.69, 9.17) is 6.42 Å². The highest BCUT2D eigenvalue weighted by molar-refractivity contribution is 6.20. The van der Waals surface area contributed by atoms with Crippen molar-refractivity contribution in [2.45, 2.75) is 5.91 Å². The molecule has 0 fully saturated rings. The molecule has 5 heteroatoms. The van der Waals surface area contributed by atoms with Crippen molar-refractivity contribution in [3.05, 3.63) is 65.2 Å². The Kier molecular flexibility index (Phi) is 3.26. The summed E-state index contributed by atoms with van der Waals surface area (Å²) < 4.78 is 0. The summed E-state index contributed by atoms with van der Waals surface area (Å²) in [7, 11) is 0. The van der Waals surface area contributed by atoms with E-state index in [2.05, 4.69) is 16.2 Å². The van der Waals surface area contributed by atoms with Gasteiger partial charge < -0.3 is 15.5 Å². The Balaban J connectivity index is 2.29. The molecule has 2 aromatic rings. The molecular formula is C17H12N2O3. The molecule has 3 rings (SSSR count). The normalized spacial score (nSPS) is 15.9. The minimum Gasteiger partial charge on any atom is -0.340 e. The van der Waals surface area contributed by atoms with Crippen molar-refractivity contribution < 1.29 is 15.0 Å². The van der Waals surface area contributed by atoms with Gasteiger partial charge in [0.25, 0.3) is 0 Å². The van der Waals surface area contributed by atoms with E-state index in [9.17, 15) is 15.0 Å². The second-order valence-electron chi connectivity index (χ2n) is 4.82. The Labute approximate surface area is 127 Å². The number of aliphatic hydroxyl groups is 2. The monoisotopic (exact) mass is 292 g/mol. The molecule has 0 radical (unpaired) electrons. The number of hydrogen-bond donors (Lipinski definition) is 3. The van der Waals surface area contributed by atoms with Crippen LogP contribution in [-0.4, -0.2) is 27.7 Å². The first-order valence-corrected chi connectivity index (χ1v) is 6.54. The van der Waals surface area contributed by atoms with Crippen LogP contribution >= 0.6 is 0 Å². The smallest absolute Gasteiger partial charge is 0.340 e. The molecule has 0 saturated heterocycles. The topological polar surface area (TPSA) is 81.9 Å². The first-order chi connectivity index (χ1) is 10.5. The number of benzene rings is 2. The fourth-order valence-corrected chi connectivity index (χ4v) is 2.23. The second-order valence-corrected chi connectivity index (χ2v) is 4.82. The van der Waals surface area contributed by atoms with Gasteiger partial charge in [-0.05, 0) is 18.2 Å². The summed E-state index contributed by atoms with van der Waals surface area (Å²) in [6, 6.07) is 13.9. The van der Waals surface area contributed by atoms with E-state index in [-0.39, 0.29) is 5.71 Å². The van der Waals surface area contributed by atoms with Crippen LogP contribution in [0.2, 0.25) is 0 Å². The van der Waals surface area contributed by atoms with Crippen molar-refractivity contribution in [3.8, 4) is 12.3 Å². The fourth-order valence-electron chi connectivity index (χ4n) is 2.23. The van der Waals surface area contributed by atoms with Crippen molar-refractivity contribution in [3.63, 3.8) is 0 Å². The number of aliphatic imine (C=N–C) groups is 1. The van der Waals surface area contributed by atoms with Crippen LogP contribution < -0.4 is 5.32 Å². The maximum Gasteiger partial charge on any atom is 0.349 e. The lowest BCUT2D eigenvalue weighted by Crippen LogP contribution is -2.40. The van der Waals surface area contributed by atoms with E-state index >= 15 is 0 Å². The summed E-state index contributed by atoms with van der Waals surface area (Å²) in [5, 5.41) is 22.2. The van der Waals surface area contributed by atoms with Crippen LogP contribution in [0.15, 0.2) is 53.5 Å². The SMILES string of the molecule is C#Cc1ccc2c(c1)C(c1ccccc1)=NC(O)(O)C(=O)N2. The third kappa shape index (κ3) is 2.37. The van der Waals surface area contributed by atoms with E-state index in [0.29, 0.717) is 22.4 Å². The Bertz CT molecular complexity index is 818. The minimum atomic E-state index is -2.85. The summed E-state index contributed by atoms with van der Waals surface area (Å²) in [5.41, 5.74) is 2.45. The van der Waals surface area contributed by atoms with Crippen LogP contribution in [-0.2, 0) is 4.79 Å². The average Bonchev–Trinajstić information content (AvgIpc) is 2.63. The van der Waals surface area contributed by atoms with Gasteiger partial charge in [0, 0.05) is 16.7 Å². The molecule has 0 bridgehead atoms. The highest BCUT2D eigenvalue weighted by Gasteiger charge is 2.37. The maximum atomic E-state index is 11.9. The Hall–Kier alpha value is -2.94. The summed E-state index contributed by atoms with van der Waals surface area (Å²) in [4.78, 5) is 15.7. The molecule has 108 valence electrons. The summed E-state index contributed by atoms with van der Waals surface area (Å²) in [6.45, 7) is 0. The van der Waals surface area contributed by atoms with Gasteiger partial charge in [-0.1, -0.05) is 36.3 Å². The lowest BCUT2D eigenvalue weighted by atomic mass is 9.98. The molecule has 1 aliphatic heterocycles. The van der Waals surface area contributed by atoms with Crippen LogP contribution in [0.3, 0.4) is 0 Å². The van der Waals surface area contributed by atoms with Crippen LogP contribution in [0.25, 0.3) is 0 Å². The number of carbonyl (C=O) groups excluding carboxylic acids is 1. The Morgan fingerprint density at radius 2 is 1.86 bits per heavy atom. The molecule has 1 heterocycles. The molecule has 2 aromatic carbocycles. The van der Waals surface area contributed by atoms with Gasteiger partial charge in [0.15, 0.2) is 0 Å². The number of nitrogens with zero attached hydrogens (tertiary/aromatic N) is 1. The highest BCUT2D eigenvalue weighted by atomic mass is 16.5. The van der Waals surface area contributed by atoms with Gasteiger partial charge in [-0.15, -0.1) is 6.42 Å². The van der Waals surface area contributed by atoms with Gasteiger partial charge in [0.05, 0.1) is 11.4 Å². The zero-order valence-corrected chi connectivity index (χ0v) is 11.4. The molecular weight excluding hydrogens is 280 g/mol. The van der Waals surface area contributed by atoms with E-state index < -0.39 is 11.8 Å². The molecule has 0 saturated carbocycles. The summed E-state index contributed by atoms with van der Waals surface area (Å²) in [6.07, 6.45) is 5.41. The van der Waals surface area contributed by atoms with E-state index in [1.54, 1.807) is 42.5 Å². The number of fused-ring (bicyclic) bond motifs is 1. The minimum absolute atomic E-state index is 0.274. The average molecular weight is 292 g/mol. The maximum absolute atomic E-state index is 11.9. The largest absolute Gasteiger partial charge is 0.349 e. The highest BCUT2D eigenvalue weighted by Crippen LogP contribution is 2.27. The number of carbonyl (C=O) groups is 1. The molecule has 0 spiro atoms. The number of hydrogen-bond acceptors (Lipinski definition) is 4. The van der Waals surface area contributed by atoms with Gasteiger partial charge in [0.2, 0.25) is 0 Å². The molecule has 3 N–H and O–H groups in total. The van der Waals surface area contributed by atoms with Gasteiger partial charge in [-0.2, -0.15) is 0 Å². The van der Waals surface area contributed by atoms with Crippen molar-refractivity contribution in [2.24, 2.45) is 4.99 Å². The number of benzodiazepines with no additional fused rings is 1. The van der Waals surface area contributed by atoms with Crippen LogP contribution in [0.5, 0.6) is 0 Å². The molecule has 0 unspecified atom stereocenters. The molecule has 1 amide bonds. The molecule has 5 nitrogen and oxygen atoms in total. The zero-order valence-electron chi connectivity index (χ0n) is 11.4. The molecule has 0 aromatic heterocycles. The van der Waals surface area contributed by atoms with E-state index in [1.807, 2.05) is 6.07 Å². The molecule has 1 aliphatic rings. The number of rotatable bonds is 1. The lowest BCUT2D eigenvalue weighted by Gasteiger charge is -2.13. The van der Waals surface area contributed by atoms with Crippen molar-refractivity contribution in [1.82, 2.24) is 0 Å². The fraction of sp³-hybridized carbons (Fsp3) is 0.0588. The summed E-state index contributed by atoms with van der Waals surface area (Å²) in [5.74, 6) is -1.36. The van der Waals surface area contributed by atoms with Crippen molar-refractivity contribution >= 4 is 17.3 Å². The molecule has 22 heavy (non-hydrogen) atoms. The first-order valence-electron chi connectivity index (χ1n) is 6.54. The Morgan fingerprint density at radius 1 is 1.14 bits per heavy atom. The van der Waals surface area contributed by atoms with Crippen molar-refractivity contribution in [2.75, 3.05) is 5.32 Å². The predicted octanol–water partition coefficient (Wildman–Crippen LogP) is 1.10. The molecule has 0 aliphatic carbocycles. The van der Waals surface area contributed by atoms with Gasteiger partial charge in [-0.25, -0.2) is 4.99 Å². The zero-order chi connectivity index (χ0) is 15.7. The van der Waals surface area contributed by atoms with E-state index in [1.165, 1.54) is 0 Å². The number of nitrogens with one attached hydrogen (secondary N) is 1. The second kappa shape index (κ2) is 5.11. The van der Waals surface area contributed by atoms with Crippen LogP contribution in [0.1, 0.15) is 16.7 Å². The number of amides is 1. The van der Waals surface area contributed by atoms with Crippen LogP contribution in [0.4, 0.5) is 5.69 Å². The van der Waals surface area contributed by atoms with Gasteiger partial charge in [0.1, 0.15) is 0 Å². The van der Waals surface area contributed by atoms with Gasteiger partial charge in [-0.3, -0.25) is 4.79 Å². The van der Waals surface area contributed by atoms with Crippen molar-refractivity contribution in [1.29, 1.82) is 0 Å². The Morgan fingerprint density at radius 3 is 2.55 bits per heavy atom. The lowest BCUT2D eigenvalue weighted by molar-refractivity contribution is -0.175. The summed E-state index contributed by atoms with van der Waals surface area (Å²) >= 11 is 0. The first kappa shape index (κ1) is 14.0. The third-order valence-corrected chi connectivity index (χ3v) is 3.31. The van der Waals surface area contributed by atoms with Gasteiger partial charge >= 0.3 is 11.8 Å². The van der Waals surface area contributed by atoms with Crippen LogP contribution in [0, 0.1) is 12.3 Å². The predicted molar refractivity (Wildman–Crippen MR) is 82.3 cm³/mol. The van der Waals surface area contributed by atoms with E-state index in [0.717, 1.165) is 0 Å². The number of terminal acetylenes is 1. The third-order valence-electron chi connectivity index (χ3n) is 3.31. The standard InChI is InChI=1S/C17H12N2O3/c1-2-11-8-9-14-13(10-11)15(12-6-4-3-5-7-12)19-17(21,22)16(20)18-14/h1,3-10,21-22H,(H,18,20). The number of anilines is 1. The quantitative estimate of drug-likeness (QED) is 0.543. The molecule has 0 atom stereocenters.